The van der Waals surface area contributed by atoms with Gasteiger partial charge in [-0.15, -0.1) is 0 Å². The summed E-state index contributed by atoms with van der Waals surface area (Å²) in [6.45, 7) is 1.92. The van der Waals surface area contributed by atoms with Crippen molar-refractivity contribution in [2.45, 2.75) is 13.3 Å². The van der Waals surface area contributed by atoms with Gasteiger partial charge in [-0.05, 0) is 18.6 Å². The summed E-state index contributed by atoms with van der Waals surface area (Å²) < 4.78 is 27.8. The molecule has 0 atom stereocenters. The summed E-state index contributed by atoms with van der Waals surface area (Å²) in [7, 11) is -2.94. The van der Waals surface area contributed by atoms with E-state index < -0.39 is 9.84 Å². The minimum Gasteiger partial charge on any atom is -0.493 e. The van der Waals surface area contributed by atoms with Crippen molar-refractivity contribution in [2.75, 3.05) is 18.1 Å². The highest BCUT2D eigenvalue weighted by Gasteiger charge is 2.07. The Morgan fingerprint density at radius 1 is 1.29 bits per heavy atom. The average Bonchev–Trinajstić information content (AvgIpc) is 2.35. The number of rotatable bonds is 7. The molecule has 17 heavy (non-hydrogen) atoms. The van der Waals surface area contributed by atoms with Gasteiger partial charge in [0.15, 0.2) is 6.29 Å². The molecule has 0 aliphatic carbocycles. The zero-order chi connectivity index (χ0) is 12.7. The van der Waals surface area contributed by atoms with Gasteiger partial charge in [0, 0.05) is 5.75 Å². The second kappa shape index (κ2) is 6.39. The number of hydrogen-bond donors (Lipinski definition) is 0. The number of carbonyl (C=O) groups excluding carboxylic acids is 1. The van der Waals surface area contributed by atoms with Gasteiger partial charge in [-0.1, -0.05) is 19.1 Å². The molecule has 1 aromatic carbocycles. The number of benzene rings is 1. The van der Waals surface area contributed by atoms with Crippen molar-refractivity contribution in [1.82, 2.24) is 0 Å². The normalized spacial score (nSPS) is 11.1. The van der Waals surface area contributed by atoms with Gasteiger partial charge in [-0.25, -0.2) is 8.42 Å². The Bertz CT molecular complexity index is 465. The van der Waals surface area contributed by atoms with Crippen LogP contribution in [0.15, 0.2) is 24.3 Å². The average molecular weight is 256 g/mol. The molecule has 0 bridgehead atoms. The maximum absolute atomic E-state index is 11.2. The zero-order valence-corrected chi connectivity index (χ0v) is 10.6. The van der Waals surface area contributed by atoms with E-state index in [9.17, 15) is 13.2 Å². The number of aldehydes is 1. The molecule has 4 nitrogen and oxygen atoms in total. The summed E-state index contributed by atoms with van der Waals surface area (Å²) >= 11 is 0. The van der Waals surface area contributed by atoms with Crippen molar-refractivity contribution in [2.24, 2.45) is 0 Å². The molecule has 0 fully saturated rings. The lowest BCUT2D eigenvalue weighted by Gasteiger charge is -2.07. The van der Waals surface area contributed by atoms with Crippen molar-refractivity contribution in [1.29, 1.82) is 0 Å². The third kappa shape index (κ3) is 4.56. The maximum Gasteiger partial charge on any atom is 0.153 e. The largest absolute Gasteiger partial charge is 0.493 e. The fourth-order valence-corrected chi connectivity index (χ4v) is 2.16. The van der Waals surface area contributed by atoms with Gasteiger partial charge < -0.3 is 4.74 Å². The molecule has 1 aromatic rings. The second-order valence-electron chi connectivity index (χ2n) is 3.59. The first kappa shape index (κ1) is 13.7. The van der Waals surface area contributed by atoms with Crippen molar-refractivity contribution in [3.63, 3.8) is 0 Å². The lowest BCUT2D eigenvalue weighted by molar-refractivity contribution is 0.111. The van der Waals surface area contributed by atoms with Gasteiger partial charge in [0.1, 0.15) is 15.6 Å². The van der Waals surface area contributed by atoms with Crippen LogP contribution in [0, 0.1) is 0 Å². The van der Waals surface area contributed by atoms with Gasteiger partial charge in [-0.2, -0.15) is 0 Å². The Morgan fingerprint density at radius 2 is 2.00 bits per heavy atom. The van der Waals surface area contributed by atoms with E-state index in [-0.39, 0.29) is 11.5 Å². The molecular formula is C12H16O4S. The number of ether oxygens (including phenoxy) is 1. The third-order valence-electron chi connectivity index (χ3n) is 2.34. The van der Waals surface area contributed by atoms with E-state index in [2.05, 4.69) is 0 Å². The van der Waals surface area contributed by atoms with E-state index in [1.807, 2.05) is 0 Å². The van der Waals surface area contributed by atoms with Crippen molar-refractivity contribution >= 4 is 16.1 Å². The van der Waals surface area contributed by atoms with Crippen LogP contribution in [0.3, 0.4) is 0 Å². The molecule has 0 heterocycles. The van der Waals surface area contributed by atoms with E-state index in [0.29, 0.717) is 24.3 Å². The van der Waals surface area contributed by atoms with E-state index in [1.165, 1.54) is 0 Å². The summed E-state index contributed by atoms with van der Waals surface area (Å²) in [6, 6.07) is 6.87. The minimum atomic E-state index is -2.94. The van der Waals surface area contributed by atoms with E-state index in [0.717, 1.165) is 6.29 Å². The summed E-state index contributed by atoms with van der Waals surface area (Å²) in [5.41, 5.74) is 0.478. The van der Waals surface area contributed by atoms with E-state index in [4.69, 9.17) is 4.74 Å². The lowest BCUT2D eigenvalue weighted by atomic mass is 10.2. The van der Waals surface area contributed by atoms with Crippen LogP contribution in [-0.4, -0.2) is 32.8 Å². The molecule has 94 valence electrons. The standard InChI is InChI=1S/C12H16O4S/c1-2-17(14,15)9-5-8-16-12-7-4-3-6-11(12)10-13/h3-4,6-7,10H,2,5,8-9H2,1H3. The van der Waals surface area contributed by atoms with Gasteiger partial charge in [0.05, 0.1) is 17.9 Å². The number of sulfone groups is 1. The monoisotopic (exact) mass is 256 g/mol. The van der Waals surface area contributed by atoms with Crippen molar-refractivity contribution < 1.29 is 17.9 Å². The van der Waals surface area contributed by atoms with Crippen molar-refractivity contribution in [3.05, 3.63) is 29.8 Å². The van der Waals surface area contributed by atoms with Gasteiger partial charge in [0.25, 0.3) is 0 Å². The molecule has 0 unspecified atom stereocenters. The molecule has 0 saturated carbocycles. The van der Waals surface area contributed by atoms with Crippen LogP contribution in [0.5, 0.6) is 5.75 Å². The fourth-order valence-electron chi connectivity index (χ4n) is 1.31. The van der Waals surface area contributed by atoms with Gasteiger partial charge >= 0.3 is 0 Å². The predicted molar refractivity (Wildman–Crippen MR) is 66.3 cm³/mol. The molecule has 0 radical (unpaired) electrons. The molecule has 0 spiro atoms. The van der Waals surface area contributed by atoms with Crippen molar-refractivity contribution in [3.8, 4) is 5.75 Å². The first-order valence-corrected chi connectivity index (χ1v) is 7.28. The highest BCUT2D eigenvalue weighted by molar-refractivity contribution is 7.91. The quantitative estimate of drug-likeness (QED) is 0.550. The Kier molecular flexibility index (Phi) is 5.15. The third-order valence-corrected chi connectivity index (χ3v) is 4.13. The molecular weight excluding hydrogens is 240 g/mol. The smallest absolute Gasteiger partial charge is 0.153 e. The summed E-state index contributed by atoms with van der Waals surface area (Å²) in [5.74, 6) is 0.765. The van der Waals surface area contributed by atoms with E-state index >= 15 is 0 Å². The van der Waals surface area contributed by atoms with Crippen LogP contribution >= 0.6 is 0 Å². The Labute approximate surface area is 102 Å². The highest BCUT2D eigenvalue weighted by Crippen LogP contribution is 2.15. The van der Waals surface area contributed by atoms with Crippen LogP contribution in [0.1, 0.15) is 23.7 Å². The maximum atomic E-state index is 11.2. The Balaban J connectivity index is 2.44. The molecule has 0 N–H and O–H groups in total. The first-order valence-electron chi connectivity index (χ1n) is 5.46. The zero-order valence-electron chi connectivity index (χ0n) is 9.76. The molecule has 5 heteroatoms. The van der Waals surface area contributed by atoms with Crippen LogP contribution in [0.2, 0.25) is 0 Å². The molecule has 1 rings (SSSR count). The summed E-state index contributed by atoms with van der Waals surface area (Å²) in [6.07, 6.45) is 1.15. The van der Waals surface area contributed by atoms with Gasteiger partial charge in [0.2, 0.25) is 0 Å². The predicted octanol–water partition coefficient (Wildman–Crippen LogP) is 1.70. The first-order chi connectivity index (χ1) is 8.09. The van der Waals surface area contributed by atoms with Crippen LogP contribution in [-0.2, 0) is 9.84 Å². The second-order valence-corrected chi connectivity index (χ2v) is 6.07. The highest BCUT2D eigenvalue weighted by atomic mass is 32.2. The number of para-hydroxylation sites is 1. The Morgan fingerprint density at radius 3 is 2.65 bits per heavy atom. The molecule has 0 amide bonds. The fraction of sp³-hybridized carbons (Fsp3) is 0.417. The van der Waals surface area contributed by atoms with Crippen LogP contribution in [0.4, 0.5) is 0 Å². The molecule has 0 aromatic heterocycles. The lowest BCUT2D eigenvalue weighted by Crippen LogP contribution is -2.12. The SMILES string of the molecule is CCS(=O)(=O)CCCOc1ccccc1C=O. The number of hydrogen-bond acceptors (Lipinski definition) is 4. The summed E-state index contributed by atoms with van der Waals surface area (Å²) in [5, 5.41) is 0. The molecule has 0 aliphatic rings. The minimum absolute atomic E-state index is 0.118. The van der Waals surface area contributed by atoms with Crippen LogP contribution < -0.4 is 4.74 Å². The van der Waals surface area contributed by atoms with E-state index in [1.54, 1.807) is 31.2 Å². The topological polar surface area (TPSA) is 60.4 Å². The molecule has 0 aliphatic heterocycles. The van der Waals surface area contributed by atoms with Gasteiger partial charge in [-0.3, -0.25) is 4.79 Å². The van der Waals surface area contributed by atoms with Crippen LogP contribution in [0.25, 0.3) is 0 Å². The summed E-state index contributed by atoms with van der Waals surface area (Å²) in [4.78, 5) is 10.7. The molecule has 0 saturated heterocycles. The Hall–Kier alpha value is -1.36. The number of carbonyl (C=O) groups is 1.